The van der Waals surface area contributed by atoms with Gasteiger partial charge in [0.05, 0.1) is 22.8 Å². The van der Waals surface area contributed by atoms with Crippen molar-refractivity contribution in [3.05, 3.63) is 69.6 Å². The number of anilines is 1. The van der Waals surface area contributed by atoms with E-state index < -0.39 is 50.5 Å². The van der Waals surface area contributed by atoms with Crippen molar-refractivity contribution < 1.29 is 37.1 Å². The molecule has 0 fully saturated rings. The Morgan fingerprint density at radius 2 is 1.79 bits per heavy atom. The van der Waals surface area contributed by atoms with Crippen molar-refractivity contribution in [1.82, 2.24) is 0 Å². The van der Waals surface area contributed by atoms with Gasteiger partial charge in [0.1, 0.15) is 18.8 Å². The topological polar surface area (TPSA) is 142 Å². The van der Waals surface area contributed by atoms with Gasteiger partial charge in [-0.05, 0) is 18.2 Å². The average molecular weight is 474 g/mol. The van der Waals surface area contributed by atoms with E-state index in [1.54, 1.807) is 30.3 Å². The number of nitro benzene ring substituents is 1. The number of sulfone groups is 1. The van der Waals surface area contributed by atoms with Crippen LogP contribution in [0.4, 0.5) is 11.4 Å². The van der Waals surface area contributed by atoms with Crippen LogP contribution in [-0.4, -0.2) is 56.8 Å². The molecule has 33 heavy (non-hydrogen) atoms. The molecule has 172 valence electrons. The Morgan fingerprint density at radius 1 is 1.12 bits per heavy atom. The predicted molar refractivity (Wildman–Crippen MR) is 115 cm³/mol. The van der Waals surface area contributed by atoms with E-state index in [1.807, 2.05) is 0 Å². The lowest BCUT2D eigenvalue weighted by Gasteiger charge is -2.27. The van der Waals surface area contributed by atoms with E-state index >= 15 is 0 Å². The number of amides is 1. The van der Waals surface area contributed by atoms with Gasteiger partial charge in [-0.15, -0.1) is 0 Å². The van der Waals surface area contributed by atoms with Gasteiger partial charge in [-0.1, -0.05) is 18.2 Å². The fourth-order valence-electron chi connectivity index (χ4n) is 3.50. The second kappa shape index (κ2) is 8.90. The zero-order chi connectivity index (χ0) is 23.6. The van der Waals surface area contributed by atoms with E-state index in [0.29, 0.717) is 5.69 Å². The van der Waals surface area contributed by atoms with Crippen LogP contribution in [0.3, 0.4) is 0 Å². The van der Waals surface area contributed by atoms with Crippen molar-refractivity contribution in [1.29, 1.82) is 0 Å². The zero-order valence-electron chi connectivity index (χ0n) is 17.1. The third-order valence-corrected chi connectivity index (χ3v) is 6.33. The van der Waals surface area contributed by atoms with Crippen molar-refractivity contribution in [2.45, 2.75) is 6.04 Å². The first-order valence-corrected chi connectivity index (χ1v) is 11.5. The summed E-state index contributed by atoms with van der Waals surface area (Å²) >= 11 is 0. The maximum atomic E-state index is 13.0. The Hall–Kier alpha value is -3.93. The summed E-state index contributed by atoms with van der Waals surface area (Å²) in [6, 6.07) is 9.73. The molecule has 11 nitrogen and oxygen atoms in total. The van der Waals surface area contributed by atoms with E-state index in [1.165, 1.54) is 11.0 Å². The third kappa shape index (κ3) is 4.80. The summed E-state index contributed by atoms with van der Waals surface area (Å²) in [5, 5.41) is 12.5. The number of benzene rings is 2. The maximum absolute atomic E-state index is 13.0. The molecule has 2 aromatic carbocycles. The van der Waals surface area contributed by atoms with Gasteiger partial charge >= 0.3 is 5.97 Å². The molecular weight excluding hydrogens is 456 g/mol. The largest absolute Gasteiger partial charge is 0.486 e. The average Bonchev–Trinajstić information content (AvgIpc) is 3.16. The minimum absolute atomic E-state index is 0.130. The van der Waals surface area contributed by atoms with Gasteiger partial charge in [0.25, 0.3) is 11.6 Å². The summed E-state index contributed by atoms with van der Waals surface area (Å²) in [7, 11) is -3.46. The number of nitro groups is 1. The highest BCUT2D eigenvalue weighted by Crippen LogP contribution is 2.37. The maximum Gasteiger partial charge on any atom is 0.345 e. The lowest BCUT2D eigenvalue weighted by Crippen LogP contribution is -2.43. The Morgan fingerprint density at radius 3 is 2.39 bits per heavy atom. The molecule has 4 rings (SSSR count). The number of nitrogens with zero attached hydrogens (tertiary/aromatic N) is 2. The molecule has 2 aromatic rings. The normalized spacial score (nSPS) is 17.9. The number of rotatable bonds is 6. The van der Waals surface area contributed by atoms with Crippen LogP contribution in [0.2, 0.25) is 0 Å². The standard InChI is InChI=1S/C21H18N2O9S/c24-20(22(14-4-2-1-3-5-14)15-6-9-33(28,29)13-15)12-32-21(25)16-10-18-19(31-8-7-30-18)11-17(16)23(26)27/h1-6,9-11,15H,7-8,12-13H2. The highest BCUT2D eigenvalue weighted by atomic mass is 32.2. The van der Waals surface area contributed by atoms with Gasteiger partial charge in [0.2, 0.25) is 0 Å². The van der Waals surface area contributed by atoms with Gasteiger partial charge in [-0.25, -0.2) is 13.2 Å². The third-order valence-electron chi connectivity index (χ3n) is 4.95. The highest BCUT2D eigenvalue weighted by molar-refractivity contribution is 7.94. The minimum Gasteiger partial charge on any atom is -0.486 e. The molecule has 0 bridgehead atoms. The molecule has 1 atom stereocenters. The van der Waals surface area contributed by atoms with Crippen LogP contribution < -0.4 is 14.4 Å². The Kier molecular flexibility index (Phi) is 6.01. The highest BCUT2D eigenvalue weighted by Gasteiger charge is 2.33. The van der Waals surface area contributed by atoms with E-state index in [4.69, 9.17) is 14.2 Å². The molecule has 1 amide bonds. The number of hydrogen-bond donors (Lipinski definition) is 0. The Labute approximate surface area is 188 Å². The first kappa shape index (κ1) is 22.3. The molecule has 0 saturated carbocycles. The summed E-state index contributed by atoms with van der Waals surface area (Å²) in [5.41, 5.74) is -0.538. The smallest absolute Gasteiger partial charge is 0.345 e. The molecule has 0 aromatic heterocycles. The monoisotopic (exact) mass is 474 g/mol. The second-order valence-electron chi connectivity index (χ2n) is 7.17. The van der Waals surface area contributed by atoms with Gasteiger partial charge < -0.3 is 19.1 Å². The van der Waals surface area contributed by atoms with Crippen molar-refractivity contribution in [2.24, 2.45) is 0 Å². The van der Waals surface area contributed by atoms with E-state index in [2.05, 4.69) is 0 Å². The number of hydrogen-bond acceptors (Lipinski definition) is 9. The summed E-state index contributed by atoms with van der Waals surface area (Å²) < 4.78 is 39.5. The van der Waals surface area contributed by atoms with Crippen LogP contribution in [0, 0.1) is 10.1 Å². The predicted octanol–water partition coefficient (Wildman–Crippen LogP) is 1.87. The van der Waals surface area contributed by atoms with Crippen molar-refractivity contribution >= 4 is 33.1 Å². The number of esters is 1. The lowest BCUT2D eigenvalue weighted by molar-refractivity contribution is -0.385. The fraction of sp³-hybridized carbons (Fsp3) is 0.238. The van der Waals surface area contributed by atoms with Gasteiger partial charge in [0, 0.05) is 17.2 Å². The van der Waals surface area contributed by atoms with E-state index in [-0.39, 0.29) is 30.5 Å². The number of carbonyl (C=O) groups is 2. The minimum atomic E-state index is -3.46. The molecule has 0 N–H and O–H groups in total. The molecule has 0 aliphatic carbocycles. The van der Waals surface area contributed by atoms with Crippen LogP contribution in [0.25, 0.3) is 0 Å². The van der Waals surface area contributed by atoms with Crippen LogP contribution in [0.5, 0.6) is 11.5 Å². The molecule has 0 saturated heterocycles. The first-order chi connectivity index (χ1) is 15.7. The lowest BCUT2D eigenvalue weighted by atomic mass is 10.1. The molecule has 2 aliphatic rings. The second-order valence-corrected chi connectivity index (χ2v) is 9.10. The van der Waals surface area contributed by atoms with E-state index in [9.17, 15) is 28.1 Å². The molecule has 0 radical (unpaired) electrons. The van der Waals surface area contributed by atoms with Crippen LogP contribution >= 0.6 is 0 Å². The summed E-state index contributed by atoms with van der Waals surface area (Å²) in [4.78, 5) is 37.5. The summed E-state index contributed by atoms with van der Waals surface area (Å²) in [5.74, 6) is -1.83. The van der Waals surface area contributed by atoms with E-state index in [0.717, 1.165) is 17.5 Å². The van der Waals surface area contributed by atoms with Crippen LogP contribution in [0.1, 0.15) is 10.4 Å². The number of carbonyl (C=O) groups excluding carboxylic acids is 2. The van der Waals surface area contributed by atoms with Crippen molar-refractivity contribution in [2.75, 3.05) is 30.5 Å². The molecule has 2 aliphatic heterocycles. The summed E-state index contributed by atoms with van der Waals surface area (Å²) in [6.07, 6.45) is 1.38. The Balaban J connectivity index is 1.55. The van der Waals surface area contributed by atoms with Crippen molar-refractivity contribution in [3.63, 3.8) is 0 Å². The molecule has 2 heterocycles. The SMILES string of the molecule is O=C(OCC(=O)N(c1ccccc1)C1C=CS(=O)(=O)C1)c1cc2c(cc1[N+](=O)[O-])OCCO2. The number of fused-ring (bicyclic) bond motifs is 1. The first-order valence-electron chi connectivity index (χ1n) is 9.78. The fourth-order valence-corrected chi connectivity index (χ4v) is 4.76. The zero-order valence-corrected chi connectivity index (χ0v) is 17.9. The molecule has 0 spiro atoms. The van der Waals surface area contributed by atoms with Gasteiger partial charge in [0.15, 0.2) is 27.9 Å². The van der Waals surface area contributed by atoms with Gasteiger partial charge in [-0.3, -0.25) is 14.9 Å². The quantitative estimate of drug-likeness (QED) is 0.348. The van der Waals surface area contributed by atoms with Crippen molar-refractivity contribution in [3.8, 4) is 11.5 Å². The Bertz CT molecular complexity index is 1240. The molecule has 12 heteroatoms. The molecular formula is C21H18N2O9S. The number of ether oxygens (including phenoxy) is 3. The summed E-state index contributed by atoms with van der Waals surface area (Å²) in [6.45, 7) is -0.339. The molecule has 1 unspecified atom stereocenters. The number of para-hydroxylation sites is 1. The van der Waals surface area contributed by atoms with Gasteiger partial charge in [-0.2, -0.15) is 0 Å². The van der Waals surface area contributed by atoms with Crippen LogP contribution in [-0.2, 0) is 19.4 Å². The van der Waals surface area contributed by atoms with Crippen LogP contribution in [0.15, 0.2) is 53.9 Å².